The summed E-state index contributed by atoms with van der Waals surface area (Å²) in [4.78, 5) is 23.1. The van der Waals surface area contributed by atoms with E-state index in [0.29, 0.717) is 18.7 Å². The molecule has 0 aliphatic carbocycles. The average Bonchev–Trinajstić information content (AvgIpc) is 2.69. The highest BCUT2D eigenvalue weighted by atomic mass is 16.5. The predicted molar refractivity (Wildman–Crippen MR) is 100 cm³/mol. The van der Waals surface area contributed by atoms with Crippen molar-refractivity contribution in [2.45, 2.75) is 6.42 Å². The van der Waals surface area contributed by atoms with Crippen LogP contribution in [0.1, 0.15) is 15.9 Å². The van der Waals surface area contributed by atoms with Crippen LogP contribution in [0, 0.1) is 11.3 Å². The molecule has 138 valence electrons. The fourth-order valence-corrected chi connectivity index (χ4v) is 2.25. The summed E-state index contributed by atoms with van der Waals surface area (Å²) in [5.41, 5.74) is 1.50. The highest BCUT2D eigenvalue weighted by Crippen LogP contribution is 2.12. The Balaban J connectivity index is 1.90. The molecule has 0 aliphatic rings. The van der Waals surface area contributed by atoms with Crippen LogP contribution in [0.25, 0.3) is 0 Å². The van der Waals surface area contributed by atoms with Crippen LogP contribution in [-0.2, 0) is 11.2 Å². The smallest absolute Gasteiger partial charge is 0.335 e. The number of nitrogens with one attached hydrogen (secondary N) is 2. The molecular formula is C20H19N3O4. The lowest BCUT2D eigenvalue weighted by molar-refractivity contribution is -0.117. The molecule has 2 aromatic rings. The molecular weight excluding hydrogens is 346 g/mol. The number of nitriles is 1. The number of amides is 1. The number of hydrogen-bond acceptors (Lipinski definition) is 5. The van der Waals surface area contributed by atoms with Crippen LogP contribution in [0.5, 0.6) is 5.75 Å². The van der Waals surface area contributed by atoms with Crippen molar-refractivity contribution in [3.05, 3.63) is 71.4 Å². The molecule has 0 fully saturated rings. The molecule has 0 aliphatic heterocycles. The van der Waals surface area contributed by atoms with Crippen LogP contribution < -0.4 is 15.4 Å². The number of aromatic carboxylic acids is 1. The zero-order valence-electron chi connectivity index (χ0n) is 14.7. The summed E-state index contributed by atoms with van der Waals surface area (Å²) in [5.74, 6) is -0.803. The van der Waals surface area contributed by atoms with Crippen molar-refractivity contribution < 1.29 is 19.4 Å². The first-order valence-corrected chi connectivity index (χ1v) is 8.15. The molecule has 0 heterocycles. The number of benzene rings is 2. The summed E-state index contributed by atoms with van der Waals surface area (Å²) >= 11 is 0. The number of anilines is 1. The van der Waals surface area contributed by atoms with E-state index in [0.717, 1.165) is 11.3 Å². The minimum absolute atomic E-state index is 0.106. The largest absolute Gasteiger partial charge is 0.497 e. The highest BCUT2D eigenvalue weighted by molar-refractivity contribution is 5.97. The Bertz CT molecular complexity index is 883. The lowest BCUT2D eigenvalue weighted by atomic mass is 10.1. The third-order valence-electron chi connectivity index (χ3n) is 3.72. The van der Waals surface area contributed by atoms with E-state index in [1.165, 1.54) is 18.3 Å². The Hall–Kier alpha value is -3.79. The summed E-state index contributed by atoms with van der Waals surface area (Å²) in [6.07, 6.45) is 1.87. The number of rotatable bonds is 8. The van der Waals surface area contributed by atoms with Gasteiger partial charge in [-0.2, -0.15) is 5.26 Å². The molecule has 0 aromatic heterocycles. The molecule has 0 saturated carbocycles. The number of carbonyl (C=O) groups is 2. The molecule has 0 radical (unpaired) electrons. The molecule has 7 nitrogen and oxygen atoms in total. The summed E-state index contributed by atoms with van der Waals surface area (Å²) in [5, 5.41) is 23.6. The van der Waals surface area contributed by atoms with Gasteiger partial charge in [0, 0.05) is 18.4 Å². The van der Waals surface area contributed by atoms with Crippen molar-refractivity contribution in [3.8, 4) is 11.8 Å². The Morgan fingerprint density at radius 3 is 2.59 bits per heavy atom. The molecule has 27 heavy (non-hydrogen) atoms. The lowest BCUT2D eigenvalue weighted by Gasteiger charge is -2.06. The SMILES string of the molecule is COc1ccc(CCNC(=O)/C(C#N)=C\Nc2cccc(C(=O)O)c2)cc1. The third-order valence-corrected chi connectivity index (χ3v) is 3.72. The van der Waals surface area contributed by atoms with Gasteiger partial charge in [0.15, 0.2) is 0 Å². The van der Waals surface area contributed by atoms with E-state index in [1.807, 2.05) is 30.3 Å². The first-order valence-electron chi connectivity index (χ1n) is 8.15. The number of nitrogens with zero attached hydrogens (tertiary/aromatic N) is 1. The summed E-state index contributed by atoms with van der Waals surface area (Å²) in [6.45, 7) is 0.374. The Morgan fingerprint density at radius 1 is 1.22 bits per heavy atom. The fourth-order valence-electron chi connectivity index (χ4n) is 2.25. The molecule has 0 bridgehead atoms. The number of carboxylic acids is 1. The first-order chi connectivity index (χ1) is 13.0. The number of methoxy groups -OCH3 is 1. The van der Waals surface area contributed by atoms with Gasteiger partial charge >= 0.3 is 5.97 Å². The van der Waals surface area contributed by atoms with E-state index in [1.54, 1.807) is 19.2 Å². The maximum Gasteiger partial charge on any atom is 0.335 e. The minimum atomic E-state index is -1.06. The molecule has 0 spiro atoms. The van der Waals surface area contributed by atoms with E-state index in [2.05, 4.69) is 10.6 Å². The zero-order chi connectivity index (χ0) is 19.6. The van der Waals surface area contributed by atoms with E-state index in [9.17, 15) is 9.59 Å². The summed E-state index contributed by atoms with van der Waals surface area (Å²) in [6, 6.07) is 15.4. The van der Waals surface area contributed by atoms with Gasteiger partial charge in [-0.15, -0.1) is 0 Å². The Labute approximate surface area is 156 Å². The van der Waals surface area contributed by atoms with Crippen molar-refractivity contribution in [1.29, 1.82) is 5.26 Å². The molecule has 0 atom stereocenters. The standard InChI is InChI=1S/C20H19N3O4/c1-27-18-7-5-14(6-8-18)9-10-22-19(24)16(12-21)13-23-17-4-2-3-15(11-17)20(25)26/h2-8,11,13,23H,9-10H2,1H3,(H,22,24)(H,25,26)/b16-13-. The van der Waals surface area contributed by atoms with E-state index >= 15 is 0 Å². The van der Waals surface area contributed by atoms with Gasteiger partial charge in [-0.25, -0.2) is 4.79 Å². The molecule has 1 amide bonds. The van der Waals surface area contributed by atoms with Gasteiger partial charge in [-0.1, -0.05) is 18.2 Å². The van der Waals surface area contributed by atoms with Crippen molar-refractivity contribution in [2.75, 3.05) is 19.0 Å². The fraction of sp³-hybridized carbons (Fsp3) is 0.150. The van der Waals surface area contributed by atoms with Crippen molar-refractivity contribution >= 4 is 17.6 Å². The number of carbonyl (C=O) groups excluding carboxylic acids is 1. The van der Waals surface area contributed by atoms with E-state index in [-0.39, 0.29) is 11.1 Å². The van der Waals surface area contributed by atoms with Crippen LogP contribution in [0.3, 0.4) is 0 Å². The number of ether oxygens (including phenoxy) is 1. The molecule has 0 saturated heterocycles. The van der Waals surface area contributed by atoms with Crippen molar-refractivity contribution in [3.63, 3.8) is 0 Å². The maximum absolute atomic E-state index is 12.1. The maximum atomic E-state index is 12.1. The quantitative estimate of drug-likeness (QED) is 0.490. The number of carboxylic acid groups (broad SMARTS) is 1. The van der Waals surface area contributed by atoms with Gasteiger partial charge in [0.2, 0.25) is 0 Å². The average molecular weight is 365 g/mol. The van der Waals surface area contributed by atoms with Gasteiger partial charge in [0.1, 0.15) is 17.4 Å². The lowest BCUT2D eigenvalue weighted by Crippen LogP contribution is -2.27. The zero-order valence-corrected chi connectivity index (χ0v) is 14.7. The third kappa shape index (κ3) is 5.90. The van der Waals surface area contributed by atoms with Crippen LogP contribution in [0.15, 0.2) is 60.3 Å². The van der Waals surface area contributed by atoms with Gasteiger partial charge in [0.05, 0.1) is 12.7 Å². The van der Waals surface area contributed by atoms with E-state index < -0.39 is 11.9 Å². The Kier molecular flexibility index (Phi) is 6.97. The second-order valence-electron chi connectivity index (χ2n) is 5.55. The molecule has 0 unspecified atom stereocenters. The topological polar surface area (TPSA) is 111 Å². The first kappa shape index (κ1) is 19.5. The summed E-state index contributed by atoms with van der Waals surface area (Å²) < 4.78 is 5.09. The second kappa shape index (κ2) is 9.63. The monoisotopic (exact) mass is 365 g/mol. The molecule has 3 N–H and O–H groups in total. The van der Waals surface area contributed by atoms with Crippen molar-refractivity contribution in [1.82, 2.24) is 5.32 Å². The van der Waals surface area contributed by atoms with E-state index in [4.69, 9.17) is 15.1 Å². The number of hydrogen-bond donors (Lipinski definition) is 3. The van der Waals surface area contributed by atoms with Gasteiger partial charge in [-0.05, 0) is 42.3 Å². The predicted octanol–water partition coefficient (Wildman–Crippen LogP) is 2.57. The highest BCUT2D eigenvalue weighted by Gasteiger charge is 2.09. The van der Waals surface area contributed by atoms with Crippen molar-refractivity contribution in [2.24, 2.45) is 0 Å². The summed E-state index contributed by atoms with van der Waals surface area (Å²) in [7, 11) is 1.59. The van der Waals surface area contributed by atoms with Crippen LogP contribution in [0.2, 0.25) is 0 Å². The van der Waals surface area contributed by atoms with Gasteiger partial charge in [0.25, 0.3) is 5.91 Å². The van der Waals surface area contributed by atoms with Crippen LogP contribution in [-0.4, -0.2) is 30.6 Å². The second-order valence-corrected chi connectivity index (χ2v) is 5.55. The molecule has 2 aromatic carbocycles. The minimum Gasteiger partial charge on any atom is -0.497 e. The van der Waals surface area contributed by atoms with Gasteiger partial charge in [-0.3, -0.25) is 4.79 Å². The Morgan fingerprint density at radius 2 is 1.96 bits per heavy atom. The normalized spacial score (nSPS) is 10.6. The molecule has 2 rings (SSSR count). The van der Waals surface area contributed by atoms with Crippen LogP contribution in [0.4, 0.5) is 5.69 Å². The van der Waals surface area contributed by atoms with Crippen LogP contribution >= 0.6 is 0 Å². The van der Waals surface area contributed by atoms with Gasteiger partial charge < -0.3 is 20.5 Å². The molecule has 7 heteroatoms.